The zero-order valence-corrected chi connectivity index (χ0v) is 17.8. The number of benzene rings is 1. The number of carbonyl (C=O) groups is 2. The lowest BCUT2D eigenvalue weighted by atomic mass is 9.97. The van der Waals surface area contributed by atoms with E-state index in [1.54, 1.807) is 0 Å². The number of esters is 1. The van der Waals surface area contributed by atoms with Gasteiger partial charge in [-0.2, -0.15) is 13.2 Å². The zero-order valence-electron chi connectivity index (χ0n) is 17.8. The number of amides is 1. The van der Waals surface area contributed by atoms with E-state index in [2.05, 4.69) is 10.3 Å². The predicted octanol–water partition coefficient (Wildman–Crippen LogP) is 3.78. The highest BCUT2D eigenvalue weighted by atomic mass is 19.4. The number of alkyl halides is 3. The average molecular weight is 449 g/mol. The number of hydrogen-bond donors (Lipinski definition) is 1. The molecule has 172 valence electrons. The third-order valence-corrected chi connectivity index (χ3v) is 5.55. The normalized spacial score (nSPS) is 15.8. The SMILES string of the molecule is C[C@@H](CNC(=O)COC(=O)C1CCN(c2ccc(C(F)(F)F)cn2)CC1)c1ccccc1. The molecule has 1 aromatic carbocycles. The highest BCUT2D eigenvalue weighted by Gasteiger charge is 2.31. The molecule has 1 saturated heterocycles. The first-order valence-electron chi connectivity index (χ1n) is 10.5. The molecule has 1 N–H and O–H groups in total. The molecule has 0 aliphatic carbocycles. The second-order valence-electron chi connectivity index (χ2n) is 7.89. The maximum Gasteiger partial charge on any atom is 0.417 e. The lowest BCUT2D eigenvalue weighted by Crippen LogP contribution is -2.38. The van der Waals surface area contributed by atoms with Crippen LogP contribution < -0.4 is 10.2 Å². The summed E-state index contributed by atoms with van der Waals surface area (Å²) in [5, 5.41) is 2.77. The van der Waals surface area contributed by atoms with Crippen LogP contribution in [0.1, 0.15) is 36.8 Å². The molecule has 1 aromatic heterocycles. The van der Waals surface area contributed by atoms with Crippen molar-refractivity contribution in [3.05, 3.63) is 59.8 Å². The van der Waals surface area contributed by atoms with Crippen LogP contribution in [0.15, 0.2) is 48.7 Å². The van der Waals surface area contributed by atoms with Crippen molar-refractivity contribution < 1.29 is 27.5 Å². The third-order valence-electron chi connectivity index (χ3n) is 5.55. The highest BCUT2D eigenvalue weighted by molar-refractivity contribution is 5.81. The van der Waals surface area contributed by atoms with Crippen LogP contribution in [-0.4, -0.2) is 43.1 Å². The van der Waals surface area contributed by atoms with Gasteiger partial charge in [-0.25, -0.2) is 4.98 Å². The summed E-state index contributed by atoms with van der Waals surface area (Å²) in [6.07, 6.45) is -2.65. The summed E-state index contributed by atoms with van der Waals surface area (Å²) in [6.45, 7) is 3.05. The van der Waals surface area contributed by atoms with Gasteiger partial charge < -0.3 is 15.0 Å². The summed E-state index contributed by atoms with van der Waals surface area (Å²) < 4.78 is 43.2. The van der Waals surface area contributed by atoms with E-state index >= 15 is 0 Å². The topological polar surface area (TPSA) is 71.5 Å². The molecule has 1 amide bonds. The van der Waals surface area contributed by atoms with Crippen molar-refractivity contribution in [2.75, 3.05) is 31.1 Å². The minimum Gasteiger partial charge on any atom is -0.455 e. The largest absolute Gasteiger partial charge is 0.455 e. The number of ether oxygens (including phenoxy) is 1. The second-order valence-corrected chi connectivity index (χ2v) is 7.89. The van der Waals surface area contributed by atoms with Crippen LogP contribution in [0.5, 0.6) is 0 Å². The molecule has 2 aromatic rings. The minimum atomic E-state index is -4.42. The number of nitrogens with one attached hydrogen (secondary N) is 1. The number of piperidine rings is 1. The molecule has 3 rings (SSSR count). The molecule has 0 bridgehead atoms. The van der Waals surface area contributed by atoms with Crippen molar-refractivity contribution in [1.29, 1.82) is 0 Å². The quantitative estimate of drug-likeness (QED) is 0.652. The van der Waals surface area contributed by atoms with E-state index in [4.69, 9.17) is 4.74 Å². The number of carbonyl (C=O) groups excluding carboxylic acids is 2. The predicted molar refractivity (Wildman–Crippen MR) is 113 cm³/mol. The van der Waals surface area contributed by atoms with Gasteiger partial charge in [-0.1, -0.05) is 37.3 Å². The van der Waals surface area contributed by atoms with E-state index in [9.17, 15) is 22.8 Å². The number of aromatic nitrogens is 1. The second kappa shape index (κ2) is 10.5. The molecule has 1 atom stereocenters. The smallest absolute Gasteiger partial charge is 0.417 e. The van der Waals surface area contributed by atoms with Crippen molar-refractivity contribution in [1.82, 2.24) is 10.3 Å². The molecule has 2 heterocycles. The monoisotopic (exact) mass is 449 g/mol. The lowest BCUT2D eigenvalue weighted by molar-refractivity contribution is -0.153. The van der Waals surface area contributed by atoms with Crippen LogP contribution in [-0.2, 0) is 20.5 Å². The fourth-order valence-corrected chi connectivity index (χ4v) is 3.56. The fraction of sp³-hybridized carbons (Fsp3) is 0.435. The Balaban J connectivity index is 1.38. The van der Waals surface area contributed by atoms with E-state index in [0.717, 1.165) is 17.8 Å². The molecule has 1 aliphatic rings. The van der Waals surface area contributed by atoms with E-state index in [1.165, 1.54) is 6.07 Å². The van der Waals surface area contributed by atoms with Crippen LogP contribution in [0.2, 0.25) is 0 Å². The van der Waals surface area contributed by atoms with Crippen LogP contribution in [0.25, 0.3) is 0 Å². The van der Waals surface area contributed by atoms with Crippen LogP contribution >= 0.6 is 0 Å². The Bertz CT molecular complexity index is 896. The van der Waals surface area contributed by atoms with Crippen molar-refractivity contribution >= 4 is 17.7 Å². The molecule has 32 heavy (non-hydrogen) atoms. The summed E-state index contributed by atoms with van der Waals surface area (Å²) in [6, 6.07) is 12.1. The number of pyridine rings is 1. The molecule has 9 heteroatoms. The minimum absolute atomic E-state index is 0.138. The van der Waals surface area contributed by atoms with E-state index in [0.29, 0.717) is 38.3 Å². The van der Waals surface area contributed by atoms with Crippen molar-refractivity contribution in [3.8, 4) is 0 Å². The Morgan fingerprint density at radius 1 is 1.16 bits per heavy atom. The molecule has 0 saturated carbocycles. The summed E-state index contributed by atoms with van der Waals surface area (Å²) >= 11 is 0. The van der Waals surface area contributed by atoms with E-state index in [1.807, 2.05) is 42.2 Å². The first kappa shape index (κ1) is 23.6. The van der Waals surface area contributed by atoms with Gasteiger partial charge in [-0.3, -0.25) is 9.59 Å². The van der Waals surface area contributed by atoms with Gasteiger partial charge in [-0.15, -0.1) is 0 Å². The van der Waals surface area contributed by atoms with Gasteiger partial charge in [0.15, 0.2) is 6.61 Å². The summed E-state index contributed by atoms with van der Waals surface area (Å²) in [7, 11) is 0. The van der Waals surface area contributed by atoms with Crippen LogP contribution in [0.4, 0.5) is 19.0 Å². The van der Waals surface area contributed by atoms with Crippen LogP contribution in [0, 0.1) is 5.92 Å². The van der Waals surface area contributed by atoms with Gasteiger partial charge in [0.05, 0.1) is 11.5 Å². The Labute approximate surface area is 184 Å². The summed E-state index contributed by atoms with van der Waals surface area (Å²) in [4.78, 5) is 30.0. The molecule has 0 spiro atoms. The average Bonchev–Trinajstić information content (AvgIpc) is 2.81. The Morgan fingerprint density at radius 3 is 2.44 bits per heavy atom. The molecule has 0 radical (unpaired) electrons. The number of halogens is 3. The van der Waals surface area contributed by atoms with E-state index in [-0.39, 0.29) is 24.3 Å². The van der Waals surface area contributed by atoms with Gasteiger partial charge >= 0.3 is 12.1 Å². The number of anilines is 1. The van der Waals surface area contributed by atoms with Crippen LogP contribution in [0.3, 0.4) is 0 Å². The van der Waals surface area contributed by atoms with Gasteiger partial charge in [0, 0.05) is 25.8 Å². The van der Waals surface area contributed by atoms with Gasteiger partial charge in [0.25, 0.3) is 5.91 Å². The Morgan fingerprint density at radius 2 is 1.84 bits per heavy atom. The molecule has 1 fully saturated rings. The van der Waals surface area contributed by atoms with Crippen molar-refractivity contribution in [3.63, 3.8) is 0 Å². The Hall–Kier alpha value is -3.10. The first-order chi connectivity index (χ1) is 15.2. The zero-order chi connectivity index (χ0) is 23.1. The summed E-state index contributed by atoms with van der Waals surface area (Å²) in [5.74, 6) is -0.559. The molecule has 0 unspecified atom stereocenters. The van der Waals surface area contributed by atoms with Gasteiger partial charge in [0.2, 0.25) is 0 Å². The molecular formula is C23H26F3N3O3. The number of rotatable bonds is 7. The maximum absolute atomic E-state index is 12.7. The maximum atomic E-state index is 12.7. The number of nitrogens with zero attached hydrogens (tertiary/aromatic N) is 2. The number of hydrogen-bond acceptors (Lipinski definition) is 5. The van der Waals surface area contributed by atoms with E-state index < -0.39 is 17.7 Å². The molecular weight excluding hydrogens is 423 g/mol. The van der Waals surface area contributed by atoms with Crippen molar-refractivity contribution in [2.45, 2.75) is 31.9 Å². The highest BCUT2D eigenvalue weighted by Crippen LogP contribution is 2.30. The first-order valence-corrected chi connectivity index (χ1v) is 10.5. The van der Waals surface area contributed by atoms with Gasteiger partial charge in [0.1, 0.15) is 5.82 Å². The lowest BCUT2D eigenvalue weighted by Gasteiger charge is -2.31. The van der Waals surface area contributed by atoms with Gasteiger partial charge in [-0.05, 0) is 36.5 Å². The fourth-order valence-electron chi connectivity index (χ4n) is 3.56. The molecule has 1 aliphatic heterocycles. The van der Waals surface area contributed by atoms with Crippen molar-refractivity contribution in [2.24, 2.45) is 5.92 Å². The third kappa shape index (κ3) is 6.45. The summed E-state index contributed by atoms with van der Waals surface area (Å²) in [5.41, 5.74) is 0.315. The Kier molecular flexibility index (Phi) is 7.71. The molecule has 6 nitrogen and oxygen atoms in total. The standard InChI is InChI=1S/C23H26F3N3O3/c1-16(17-5-3-2-4-6-17)13-28-21(30)15-32-22(31)18-9-11-29(12-10-18)20-8-7-19(14-27-20)23(24,25)26/h2-8,14,16,18H,9-13,15H2,1H3,(H,28,30)/t16-/m0/s1.